The summed E-state index contributed by atoms with van der Waals surface area (Å²) in [5, 5.41) is 23.1. The van der Waals surface area contributed by atoms with Crippen LogP contribution < -0.4 is 10.1 Å². The molecule has 0 atom stereocenters. The van der Waals surface area contributed by atoms with Crippen molar-refractivity contribution < 1.29 is 14.5 Å². The number of carbonyl (C=O) groups is 1. The van der Waals surface area contributed by atoms with Crippen LogP contribution in [0, 0.1) is 35.3 Å². The minimum atomic E-state index is -0.490. The summed E-state index contributed by atoms with van der Waals surface area (Å²) in [5.41, 5.74) is 4.52. The number of nitrogens with zero attached hydrogens (tertiary/aromatic N) is 2. The number of benzene rings is 3. The van der Waals surface area contributed by atoms with Gasteiger partial charge in [0.15, 0.2) is 6.61 Å². The van der Waals surface area contributed by atoms with Crippen molar-refractivity contribution in [3.8, 4) is 11.8 Å². The largest absolute Gasteiger partial charge is 0.484 e. The zero-order valence-corrected chi connectivity index (χ0v) is 17.7. The smallest absolute Gasteiger partial charge is 0.269 e. The predicted molar refractivity (Wildman–Crippen MR) is 123 cm³/mol. The number of aryl methyl sites for hydroxylation is 2. The summed E-state index contributed by atoms with van der Waals surface area (Å²) in [6, 6.07) is 20.6. The summed E-state index contributed by atoms with van der Waals surface area (Å²) in [6.45, 7) is 3.82. The summed E-state index contributed by atoms with van der Waals surface area (Å²) in [5.74, 6) is 0.202. The lowest BCUT2D eigenvalue weighted by atomic mass is 10.0. The van der Waals surface area contributed by atoms with E-state index < -0.39 is 4.92 Å². The first-order valence-electron chi connectivity index (χ1n) is 9.82. The van der Waals surface area contributed by atoms with Crippen molar-refractivity contribution in [3.63, 3.8) is 0 Å². The third-order valence-electron chi connectivity index (χ3n) is 4.84. The number of amides is 1. The minimum Gasteiger partial charge on any atom is -0.484 e. The highest BCUT2D eigenvalue weighted by Crippen LogP contribution is 2.23. The van der Waals surface area contributed by atoms with E-state index in [4.69, 9.17) is 4.74 Å². The fourth-order valence-corrected chi connectivity index (χ4v) is 2.97. The number of anilines is 1. The molecule has 0 unspecified atom stereocenters. The first kappa shape index (κ1) is 22.2. The van der Waals surface area contributed by atoms with Gasteiger partial charge in [-0.1, -0.05) is 18.2 Å². The highest BCUT2D eigenvalue weighted by molar-refractivity contribution is 5.92. The topological polar surface area (TPSA) is 105 Å². The van der Waals surface area contributed by atoms with Gasteiger partial charge in [-0.05, 0) is 78.6 Å². The van der Waals surface area contributed by atoms with Crippen LogP contribution in [0.1, 0.15) is 22.3 Å². The average molecular weight is 427 g/mol. The fraction of sp³-hybridized carbons (Fsp3) is 0.120. The predicted octanol–water partition coefficient (Wildman–Crippen LogP) is 5.29. The Balaban J connectivity index is 1.67. The summed E-state index contributed by atoms with van der Waals surface area (Å²) >= 11 is 0. The Kier molecular flexibility index (Phi) is 6.99. The van der Waals surface area contributed by atoms with Gasteiger partial charge in [0.05, 0.1) is 16.6 Å². The number of nitro groups is 1. The van der Waals surface area contributed by atoms with Gasteiger partial charge in [0.1, 0.15) is 5.75 Å². The Morgan fingerprint density at radius 3 is 2.50 bits per heavy atom. The second-order valence-corrected chi connectivity index (χ2v) is 7.18. The van der Waals surface area contributed by atoms with Crippen molar-refractivity contribution in [1.29, 1.82) is 5.26 Å². The number of ether oxygens (including phenoxy) is 1. The fourth-order valence-electron chi connectivity index (χ4n) is 2.97. The zero-order chi connectivity index (χ0) is 23.1. The van der Waals surface area contributed by atoms with Crippen LogP contribution in [0.25, 0.3) is 11.6 Å². The first-order valence-corrected chi connectivity index (χ1v) is 9.82. The molecule has 0 aromatic heterocycles. The van der Waals surface area contributed by atoms with Gasteiger partial charge in [0, 0.05) is 17.8 Å². The van der Waals surface area contributed by atoms with Crippen LogP contribution in [0.5, 0.6) is 5.75 Å². The normalized spacial score (nSPS) is 10.8. The lowest BCUT2D eigenvalue weighted by Gasteiger charge is -2.09. The zero-order valence-electron chi connectivity index (χ0n) is 17.7. The summed E-state index contributed by atoms with van der Waals surface area (Å²) in [6.07, 6.45) is 1.66. The van der Waals surface area contributed by atoms with Gasteiger partial charge < -0.3 is 10.1 Å². The van der Waals surface area contributed by atoms with Gasteiger partial charge in [0.25, 0.3) is 11.6 Å². The van der Waals surface area contributed by atoms with Crippen LogP contribution in [0.2, 0.25) is 0 Å². The van der Waals surface area contributed by atoms with Crippen LogP contribution >= 0.6 is 0 Å². The number of nitriles is 1. The molecule has 1 N–H and O–H groups in total. The second kappa shape index (κ2) is 10.0. The maximum atomic E-state index is 12.2. The molecule has 3 rings (SSSR count). The molecule has 0 aliphatic rings. The number of nitrogens with one attached hydrogen (secondary N) is 1. The monoisotopic (exact) mass is 427 g/mol. The van der Waals surface area contributed by atoms with E-state index >= 15 is 0 Å². The quantitative estimate of drug-likeness (QED) is 0.239. The number of non-ortho nitro benzene ring substituents is 1. The van der Waals surface area contributed by atoms with Crippen molar-refractivity contribution in [2.45, 2.75) is 13.8 Å². The molecule has 3 aromatic carbocycles. The molecule has 7 heteroatoms. The standard InChI is InChI=1S/C25H21N3O4/c1-17-6-9-22(12-18(17)2)27-25(29)16-32-24-5-3-4-19(14-24)13-21(15-26)20-7-10-23(11-8-20)28(30)31/h3-14H,16H2,1-2H3,(H,27,29)/b21-13+. The highest BCUT2D eigenvalue weighted by atomic mass is 16.6. The third kappa shape index (κ3) is 5.80. The number of hydrogen-bond acceptors (Lipinski definition) is 5. The molecule has 0 radical (unpaired) electrons. The number of carbonyl (C=O) groups excluding carboxylic acids is 1. The number of hydrogen-bond donors (Lipinski definition) is 1. The van der Waals surface area contributed by atoms with E-state index in [2.05, 4.69) is 11.4 Å². The van der Waals surface area contributed by atoms with Gasteiger partial charge >= 0.3 is 0 Å². The highest BCUT2D eigenvalue weighted by Gasteiger charge is 2.08. The van der Waals surface area contributed by atoms with E-state index in [0.717, 1.165) is 11.1 Å². The lowest BCUT2D eigenvalue weighted by molar-refractivity contribution is -0.384. The van der Waals surface area contributed by atoms with Gasteiger partial charge in [0.2, 0.25) is 0 Å². The third-order valence-corrected chi connectivity index (χ3v) is 4.84. The SMILES string of the molecule is Cc1ccc(NC(=O)COc2cccc(/C=C(\C#N)c3ccc([N+](=O)[O-])cc3)c2)cc1C. The Labute approximate surface area is 185 Å². The molecular weight excluding hydrogens is 406 g/mol. The summed E-state index contributed by atoms with van der Waals surface area (Å²) < 4.78 is 5.60. The van der Waals surface area contributed by atoms with Crippen molar-refractivity contribution in [1.82, 2.24) is 0 Å². The van der Waals surface area contributed by atoms with E-state index in [0.29, 0.717) is 28.1 Å². The minimum absolute atomic E-state index is 0.0412. The molecule has 0 aliphatic carbocycles. The van der Waals surface area contributed by atoms with Gasteiger partial charge in [-0.2, -0.15) is 5.26 Å². The van der Waals surface area contributed by atoms with Crippen molar-refractivity contribution in [2.75, 3.05) is 11.9 Å². The average Bonchev–Trinajstić information content (AvgIpc) is 2.79. The van der Waals surface area contributed by atoms with Crippen LogP contribution in [0.3, 0.4) is 0 Å². The van der Waals surface area contributed by atoms with E-state index in [1.54, 1.807) is 30.3 Å². The molecule has 7 nitrogen and oxygen atoms in total. The van der Waals surface area contributed by atoms with Crippen LogP contribution in [0.4, 0.5) is 11.4 Å². The van der Waals surface area contributed by atoms with E-state index in [1.165, 1.54) is 24.3 Å². The maximum Gasteiger partial charge on any atom is 0.269 e. The Bertz CT molecular complexity index is 1220. The van der Waals surface area contributed by atoms with Crippen molar-refractivity contribution >= 4 is 28.9 Å². The van der Waals surface area contributed by atoms with E-state index in [1.807, 2.05) is 32.0 Å². The second-order valence-electron chi connectivity index (χ2n) is 7.18. The van der Waals surface area contributed by atoms with Crippen LogP contribution in [-0.4, -0.2) is 17.4 Å². The van der Waals surface area contributed by atoms with Crippen LogP contribution in [0.15, 0.2) is 66.7 Å². The van der Waals surface area contributed by atoms with E-state index in [-0.39, 0.29) is 18.2 Å². The molecular formula is C25H21N3O4. The van der Waals surface area contributed by atoms with Crippen molar-refractivity contribution in [3.05, 3.63) is 99.1 Å². The Morgan fingerprint density at radius 2 is 1.84 bits per heavy atom. The number of allylic oxidation sites excluding steroid dienone is 1. The number of nitro benzene ring substituents is 1. The molecule has 1 amide bonds. The summed E-state index contributed by atoms with van der Waals surface area (Å²) in [4.78, 5) is 22.5. The number of rotatable bonds is 7. The van der Waals surface area contributed by atoms with Crippen molar-refractivity contribution in [2.24, 2.45) is 0 Å². The Hall–Kier alpha value is -4.44. The first-order chi connectivity index (χ1) is 15.4. The lowest BCUT2D eigenvalue weighted by Crippen LogP contribution is -2.20. The molecule has 0 saturated carbocycles. The molecule has 0 aliphatic heterocycles. The molecule has 32 heavy (non-hydrogen) atoms. The van der Waals surface area contributed by atoms with Gasteiger partial charge in [-0.15, -0.1) is 0 Å². The van der Waals surface area contributed by atoms with E-state index in [9.17, 15) is 20.2 Å². The van der Waals surface area contributed by atoms with Crippen LogP contribution in [-0.2, 0) is 4.79 Å². The molecule has 3 aromatic rings. The Morgan fingerprint density at radius 1 is 1.09 bits per heavy atom. The van der Waals surface area contributed by atoms with Gasteiger partial charge in [-0.3, -0.25) is 14.9 Å². The van der Waals surface area contributed by atoms with Gasteiger partial charge in [-0.25, -0.2) is 0 Å². The molecule has 0 bridgehead atoms. The summed E-state index contributed by atoms with van der Waals surface area (Å²) in [7, 11) is 0. The maximum absolute atomic E-state index is 12.2. The molecule has 0 spiro atoms. The molecule has 0 fully saturated rings. The molecule has 160 valence electrons. The molecule has 0 heterocycles. The molecule has 0 saturated heterocycles.